The van der Waals surface area contributed by atoms with Gasteiger partial charge in [0, 0.05) is 6.04 Å². The first-order chi connectivity index (χ1) is 9.91. The Labute approximate surface area is 122 Å². The topological polar surface area (TPSA) is 12.0 Å². The molecule has 1 nitrogen and oxygen atoms in total. The lowest BCUT2D eigenvalue weighted by molar-refractivity contribution is -0.137. The van der Waals surface area contributed by atoms with E-state index in [1.165, 1.54) is 11.1 Å². The van der Waals surface area contributed by atoms with Gasteiger partial charge in [0.2, 0.25) is 0 Å². The van der Waals surface area contributed by atoms with Gasteiger partial charge in [0.15, 0.2) is 0 Å². The number of halogens is 3. The smallest absolute Gasteiger partial charge is 0.313 e. The second-order valence-electron chi connectivity index (χ2n) is 5.09. The molecule has 2 aromatic rings. The van der Waals surface area contributed by atoms with Crippen LogP contribution in [-0.4, -0.2) is 7.05 Å². The van der Waals surface area contributed by atoms with Gasteiger partial charge >= 0.3 is 6.18 Å². The first kappa shape index (κ1) is 15.6. The third-order valence-corrected chi connectivity index (χ3v) is 3.67. The maximum atomic E-state index is 12.6. The standard InChI is InChI=1S/C17H18F3N/c1-12-5-3-4-6-14(12)11-16(21-2)13-7-9-15(10-8-13)17(18,19)20/h3-10,16,21H,11H2,1-2H3. The molecule has 0 aromatic heterocycles. The summed E-state index contributed by atoms with van der Waals surface area (Å²) in [5.74, 6) is 0. The molecular weight excluding hydrogens is 275 g/mol. The van der Waals surface area contributed by atoms with Crippen LogP contribution in [0, 0.1) is 6.92 Å². The average Bonchev–Trinajstić information content (AvgIpc) is 2.46. The summed E-state index contributed by atoms with van der Waals surface area (Å²) in [5.41, 5.74) is 2.62. The lowest BCUT2D eigenvalue weighted by Crippen LogP contribution is -2.19. The van der Waals surface area contributed by atoms with Gasteiger partial charge in [0.05, 0.1) is 5.56 Å². The Morgan fingerprint density at radius 3 is 2.14 bits per heavy atom. The Bertz CT molecular complexity index is 588. The number of rotatable bonds is 4. The molecule has 0 fully saturated rings. The molecule has 0 aliphatic rings. The summed E-state index contributed by atoms with van der Waals surface area (Å²) in [4.78, 5) is 0. The molecule has 0 heterocycles. The second kappa shape index (κ2) is 6.31. The van der Waals surface area contributed by atoms with Crippen molar-refractivity contribution < 1.29 is 13.2 Å². The van der Waals surface area contributed by atoms with Crippen LogP contribution in [0.4, 0.5) is 13.2 Å². The summed E-state index contributed by atoms with van der Waals surface area (Å²) in [7, 11) is 1.82. The molecule has 0 radical (unpaired) electrons. The number of hydrogen-bond acceptors (Lipinski definition) is 1. The van der Waals surface area contributed by atoms with Crippen molar-refractivity contribution in [1.29, 1.82) is 0 Å². The van der Waals surface area contributed by atoms with E-state index in [9.17, 15) is 13.2 Å². The molecule has 1 N–H and O–H groups in total. The van der Waals surface area contributed by atoms with E-state index in [-0.39, 0.29) is 6.04 Å². The van der Waals surface area contributed by atoms with Gasteiger partial charge in [0.25, 0.3) is 0 Å². The van der Waals surface area contributed by atoms with Crippen molar-refractivity contribution in [2.24, 2.45) is 0 Å². The summed E-state index contributed by atoms with van der Waals surface area (Å²) in [6, 6.07) is 13.4. The molecule has 0 amide bonds. The molecule has 0 bridgehead atoms. The third kappa shape index (κ3) is 3.85. The molecule has 0 aliphatic heterocycles. The van der Waals surface area contributed by atoms with Crippen molar-refractivity contribution in [3.63, 3.8) is 0 Å². The van der Waals surface area contributed by atoms with E-state index in [4.69, 9.17) is 0 Å². The normalized spacial score (nSPS) is 13.2. The van der Waals surface area contributed by atoms with Crippen molar-refractivity contribution in [3.05, 3.63) is 70.8 Å². The molecule has 112 valence electrons. The molecule has 2 rings (SSSR count). The maximum absolute atomic E-state index is 12.6. The van der Waals surface area contributed by atoms with Crippen molar-refractivity contribution in [2.45, 2.75) is 25.6 Å². The molecule has 1 unspecified atom stereocenters. The van der Waals surface area contributed by atoms with Gasteiger partial charge in [-0.15, -0.1) is 0 Å². The van der Waals surface area contributed by atoms with Gasteiger partial charge in [-0.3, -0.25) is 0 Å². The summed E-state index contributed by atoms with van der Waals surface area (Å²) in [5, 5.41) is 3.17. The predicted molar refractivity (Wildman–Crippen MR) is 78.1 cm³/mol. The van der Waals surface area contributed by atoms with E-state index in [1.54, 1.807) is 12.1 Å². The van der Waals surface area contributed by atoms with Gasteiger partial charge in [-0.2, -0.15) is 13.2 Å². The molecule has 0 spiro atoms. The largest absolute Gasteiger partial charge is 0.416 e. The zero-order chi connectivity index (χ0) is 15.5. The molecule has 0 aliphatic carbocycles. The van der Waals surface area contributed by atoms with Crippen LogP contribution in [-0.2, 0) is 12.6 Å². The van der Waals surface area contributed by atoms with Gasteiger partial charge in [-0.25, -0.2) is 0 Å². The van der Waals surface area contributed by atoms with Crippen LogP contribution < -0.4 is 5.32 Å². The summed E-state index contributed by atoms with van der Waals surface area (Å²) >= 11 is 0. The first-order valence-corrected chi connectivity index (χ1v) is 6.80. The van der Waals surface area contributed by atoms with Crippen LogP contribution in [0.25, 0.3) is 0 Å². The highest BCUT2D eigenvalue weighted by molar-refractivity contribution is 5.31. The van der Waals surface area contributed by atoms with Crippen LogP contribution in [0.5, 0.6) is 0 Å². The zero-order valence-corrected chi connectivity index (χ0v) is 12.0. The molecule has 0 saturated carbocycles. The minimum atomic E-state index is -4.29. The maximum Gasteiger partial charge on any atom is 0.416 e. The number of alkyl halides is 3. The highest BCUT2D eigenvalue weighted by Gasteiger charge is 2.30. The lowest BCUT2D eigenvalue weighted by Gasteiger charge is -2.18. The van der Waals surface area contributed by atoms with Crippen molar-refractivity contribution in [2.75, 3.05) is 7.05 Å². The summed E-state index contributed by atoms with van der Waals surface area (Å²) < 4.78 is 37.8. The SMILES string of the molecule is CNC(Cc1ccccc1C)c1ccc(C(F)(F)F)cc1. The van der Waals surface area contributed by atoms with E-state index in [2.05, 4.69) is 5.32 Å². The Morgan fingerprint density at radius 1 is 1.00 bits per heavy atom. The fraction of sp³-hybridized carbons (Fsp3) is 0.294. The Hall–Kier alpha value is -1.81. The second-order valence-corrected chi connectivity index (χ2v) is 5.09. The molecular formula is C17H18F3N. The van der Waals surface area contributed by atoms with Crippen molar-refractivity contribution >= 4 is 0 Å². The van der Waals surface area contributed by atoms with Crippen LogP contribution in [0.1, 0.15) is 28.3 Å². The van der Waals surface area contributed by atoms with Crippen LogP contribution >= 0.6 is 0 Å². The summed E-state index contributed by atoms with van der Waals surface area (Å²) in [6.45, 7) is 2.04. The van der Waals surface area contributed by atoms with Crippen LogP contribution in [0.3, 0.4) is 0 Å². The lowest BCUT2D eigenvalue weighted by atomic mass is 9.95. The van der Waals surface area contributed by atoms with E-state index >= 15 is 0 Å². The van der Waals surface area contributed by atoms with E-state index in [1.807, 2.05) is 38.2 Å². The molecule has 2 aromatic carbocycles. The predicted octanol–water partition coefficient (Wildman–Crippen LogP) is 4.52. The van der Waals surface area contributed by atoms with Gasteiger partial charge in [0.1, 0.15) is 0 Å². The molecule has 1 atom stereocenters. The summed E-state index contributed by atoms with van der Waals surface area (Å²) in [6.07, 6.45) is -3.54. The molecule has 4 heteroatoms. The molecule has 0 saturated heterocycles. The van der Waals surface area contributed by atoms with E-state index in [0.717, 1.165) is 24.1 Å². The minimum absolute atomic E-state index is 0.00613. The fourth-order valence-corrected chi connectivity index (χ4v) is 2.35. The van der Waals surface area contributed by atoms with Gasteiger partial charge in [-0.05, 0) is 49.2 Å². The quantitative estimate of drug-likeness (QED) is 0.874. The van der Waals surface area contributed by atoms with E-state index < -0.39 is 11.7 Å². The minimum Gasteiger partial charge on any atom is -0.313 e. The average molecular weight is 293 g/mol. The fourth-order valence-electron chi connectivity index (χ4n) is 2.35. The van der Waals surface area contributed by atoms with Gasteiger partial charge < -0.3 is 5.32 Å². The highest BCUT2D eigenvalue weighted by atomic mass is 19.4. The van der Waals surface area contributed by atoms with Crippen LogP contribution in [0.2, 0.25) is 0 Å². The number of hydrogen-bond donors (Lipinski definition) is 1. The first-order valence-electron chi connectivity index (χ1n) is 6.80. The number of nitrogens with one attached hydrogen (secondary N) is 1. The number of benzene rings is 2. The van der Waals surface area contributed by atoms with Gasteiger partial charge in [-0.1, -0.05) is 36.4 Å². The Morgan fingerprint density at radius 2 is 1.62 bits per heavy atom. The number of aryl methyl sites for hydroxylation is 1. The van der Waals surface area contributed by atoms with Crippen LogP contribution in [0.15, 0.2) is 48.5 Å². The third-order valence-electron chi connectivity index (χ3n) is 3.67. The highest BCUT2D eigenvalue weighted by Crippen LogP contribution is 2.30. The molecule has 21 heavy (non-hydrogen) atoms. The van der Waals surface area contributed by atoms with Crippen molar-refractivity contribution in [1.82, 2.24) is 5.32 Å². The Balaban J connectivity index is 2.20. The van der Waals surface area contributed by atoms with Crippen molar-refractivity contribution in [3.8, 4) is 0 Å². The number of likely N-dealkylation sites (N-methyl/N-ethyl adjacent to an activating group) is 1. The van der Waals surface area contributed by atoms with E-state index in [0.29, 0.717) is 0 Å². The monoisotopic (exact) mass is 293 g/mol. The Kier molecular flexibility index (Phi) is 4.68. The zero-order valence-electron chi connectivity index (χ0n) is 12.0.